The number of fused-ring (bicyclic) bond motifs is 1. The molecule has 0 unspecified atom stereocenters. The van der Waals surface area contributed by atoms with Gasteiger partial charge < -0.3 is 15.0 Å². The minimum absolute atomic E-state index is 0.696. The van der Waals surface area contributed by atoms with Gasteiger partial charge in [-0.15, -0.1) is 0 Å². The zero-order valence-electron chi connectivity index (χ0n) is 10.5. The van der Waals surface area contributed by atoms with Gasteiger partial charge >= 0.3 is 0 Å². The number of hydrogen-bond acceptors (Lipinski definition) is 5. The van der Waals surface area contributed by atoms with Gasteiger partial charge in [0.15, 0.2) is 0 Å². The Labute approximate surface area is 107 Å². The standard InChI is InChI=1S/C13H18N4O/c1-2-9(1)12-10-7-14-8-11(10)15-13(16-12)17-3-5-18-6-4-17/h9,14H,1-8H2. The molecule has 2 fully saturated rings. The molecule has 1 saturated heterocycles. The summed E-state index contributed by atoms with van der Waals surface area (Å²) < 4.78 is 5.39. The third kappa shape index (κ3) is 1.78. The van der Waals surface area contributed by atoms with Crippen LogP contribution in [-0.2, 0) is 17.8 Å². The maximum Gasteiger partial charge on any atom is 0.226 e. The Kier molecular flexibility index (Phi) is 2.48. The second-order valence-electron chi connectivity index (χ2n) is 5.31. The lowest BCUT2D eigenvalue weighted by atomic mass is 10.1. The van der Waals surface area contributed by atoms with Gasteiger partial charge in [-0.3, -0.25) is 0 Å². The second-order valence-corrected chi connectivity index (χ2v) is 5.31. The van der Waals surface area contributed by atoms with Crippen LogP contribution in [0.25, 0.3) is 0 Å². The number of ether oxygens (including phenoxy) is 1. The molecule has 1 aromatic heterocycles. The molecule has 1 aliphatic carbocycles. The molecule has 2 aliphatic heterocycles. The van der Waals surface area contributed by atoms with Crippen molar-refractivity contribution in [1.82, 2.24) is 15.3 Å². The van der Waals surface area contributed by atoms with Gasteiger partial charge in [0.05, 0.1) is 24.6 Å². The average molecular weight is 246 g/mol. The number of hydrogen-bond donors (Lipinski definition) is 1. The third-order valence-electron chi connectivity index (χ3n) is 3.97. The topological polar surface area (TPSA) is 50.3 Å². The molecule has 1 N–H and O–H groups in total. The zero-order valence-corrected chi connectivity index (χ0v) is 10.5. The lowest BCUT2D eigenvalue weighted by Gasteiger charge is -2.27. The molecule has 5 nitrogen and oxygen atoms in total. The molecular weight excluding hydrogens is 228 g/mol. The minimum Gasteiger partial charge on any atom is -0.378 e. The first-order chi connectivity index (χ1) is 8.92. The van der Waals surface area contributed by atoms with Crippen molar-refractivity contribution < 1.29 is 4.74 Å². The van der Waals surface area contributed by atoms with Crippen LogP contribution in [0.3, 0.4) is 0 Å². The van der Waals surface area contributed by atoms with Crippen molar-refractivity contribution in [2.45, 2.75) is 31.8 Å². The van der Waals surface area contributed by atoms with Crippen LogP contribution in [0.5, 0.6) is 0 Å². The van der Waals surface area contributed by atoms with Crippen LogP contribution in [0.4, 0.5) is 5.95 Å². The number of nitrogens with zero attached hydrogens (tertiary/aromatic N) is 3. The van der Waals surface area contributed by atoms with E-state index in [1.54, 1.807) is 0 Å². The average Bonchev–Trinajstić information content (AvgIpc) is 3.16. The molecule has 5 heteroatoms. The highest BCUT2D eigenvalue weighted by Gasteiger charge is 2.32. The quantitative estimate of drug-likeness (QED) is 0.836. The van der Waals surface area contributed by atoms with Crippen molar-refractivity contribution >= 4 is 5.95 Å². The van der Waals surface area contributed by atoms with Crippen molar-refractivity contribution in [1.29, 1.82) is 0 Å². The van der Waals surface area contributed by atoms with E-state index in [4.69, 9.17) is 14.7 Å². The molecule has 18 heavy (non-hydrogen) atoms. The normalized spacial score (nSPS) is 23.2. The molecule has 96 valence electrons. The highest BCUT2D eigenvalue weighted by Crippen LogP contribution is 2.42. The molecule has 0 radical (unpaired) electrons. The molecule has 3 aliphatic rings. The van der Waals surface area contributed by atoms with Crippen LogP contribution < -0.4 is 10.2 Å². The number of nitrogens with one attached hydrogen (secondary N) is 1. The maximum atomic E-state index is 5.39. The first-order valence-corrected chi connectivity index (χ1v) is 6.85. The van der Waals surface area contributed by atoms with Crippen LogP contribution in [0.15, 0.2) is 0 Å². The molecule has 0 bridgehead atoms. The van der Waals surface area contributed by atoms with E-state index < -0.39 is 0 Å². The highest BCUT2D eigenvalue weighted by molar-refractivity contribution is 5.41. The Morgan fingerprint density at radius 3 is 2.72 bits per heavy atom. The van der Waals surface area contributed by atoms with Crippen molar-refractivity contribution in [3.8, 4) is 0 Å². The summed E-state index contributed by atoms with van der Waals surface area (Å²) in [6, 6.07) is 0. The van der Waals surface area contributed by atoms with E-state index in [1.165, 1.54) is 29.8 Å². The predicted molar refractivity (Wildman–Crippen MR) is 67.6 cm³/mol. The fraction of sp³-hybridized carbons (Fsp3) is 0.692. The second kappa shape index (κ2) is 4.17. The SMILES string of the molecule is C1CN(c2nc3c(c(C4CC4)n2)CNC3)CCO1. The Morgan fingerprint density at radius 2 is 1.94 bits per heavy atom. The van der Waals surface area contributed by atoms with E-state index in [9.17, 15) is 0 Å². The molecule has 3 heterocycles. The number of rotatable bonds is 2. The minimum atomic E-state index is 0.696. The monoisotopic (exact) mass is 246 g/mol. The summed E-state index contributed by atoms with van der Waals surface area (Å²) >= 11 is 0. The molecule has 1 aromatic rings. The van der Waals surface area contributed by atoms with Crippen LogP contribution in [0.1, 0.15) is 35.7 Å². The van der Waals surface area contributed by atoms with Gasteiger partial charge in [0.25, 0.3) is 0 Å². The summed E-state index contributed by atoms with van der Waals surface area (Å²) in [7, 11) is 0. The van der Waals surface area contributed by atoms with Gasteiger partial charge in [0.1, 0.15) is 0 Å². The summed E-state index contributed by atoms with van der Waals surface area (Å²) in [4.78, 5) is 11.9. The van der Waals surface area contributed by atoms with Crippen LogP contribution in [0.2, 0.25) is 0 Å². The lowest BCUT2D eigenvalue weighted by Crippen LogP contribution is -2.37. The number of anilines is 1. The van der Waals surface area contributed by atoms with E-state index in [1.807, 2.05) is 0 Å². The summed E-state index contributed by atoms with van der Waals surface area (Å²) in [5.74, 6) is 1.61. The number of morpholine rings is 1. The Hall–Kier alpha value is -1.20. The van der Waals surface area contributed by atoms with Crippen molar-refractivity contribution in [3.05, 3.63) is 17.0 Å². The van der Waals surface area contributed by atoms with Crippen LogP contribution in [0, 0.1) is 0 Å². The fourth-order valence-corrected chi connectivity index (χ4v) is 2.78. The van der Waals surface area contributed by atoms with Crippen molar-refractivity contribution in [2.75, 3.05) is 31.2 Å². The van der Waals surface area contributed by atoms with Gasteiger partial charge in [-0.1, -0.05) is 0 Å². The van der Waals surface area contributed by atoms with E-state index in [0.717, 1.165) is 45.3 Å². The zero-order chi connectivity index (χ0) is 11.9. The molecule has 0 amide bonds. The lowest BCUT2D eigenvalue weighted by molar-refractivity contribution is 0.122. The van der Waals surface area contributed by atoms with E-state index in [0.29, 0.717) is 5.92 Å². The Morgan fingerprint density at radius 1 is 1.11 bits per heavy atom. The Bertz CT molecular complexity index is 466. The summed E-state index contributed by atoms with van der Waals surface area (Å²) in [6.45, 7) is 5.25. The van der Waals surface area contributed by atoms with Gasteiger partial charge in [0.2, 0.25) is 5.95 Å². The van der Waals surface area contributed by atoms with Crippen molar-refractivity contribution in [2.24, 2.45) is 0 Å². The summed E-state index contributed by atoms with van der Waals surface area (Å²) in [5, 5.41) is 3.40. The number of aromatic nitrogens is 2. The van der Waals surface area contributed by atoms with Crippen molar-refractivity contribution in [3.63, 3.8) is 0 Å². The third-order valence-corrected chi connectivity index (χ3v) is 3.97. The Balaban J connectivity index is 1.72. The van der Waals surface area contributed by atoms with E-state index in [2.05, 4.69) is 10.2 Å². The molecule has 0 aromatic carbocycles. The first-order valence-electron chi connectivity index (χ1n) is 6.85. The van der Waals surface area contributed by atoms with Gasteiger partial charge in [0, 0.05) is 37.7 Å². The van der Waals surface area contributed by atoms with Crippen LogP contribution >= 0.6 is 0 Å². The fourth-order valence-electron chi connectivity index (χ4n) is 2.78. The van der Waals surface area contributed by atoms with E-state index in [-0.39, 0.29) is 0 Å². The summed E-state index contributed by atoms with van der Waals surface area (Å²) in [5.41, 5.74) is 3.90. The molecule has 4 rings (SSSR count). The smallest absolute Gasteiger partial charge is 0.226 e. The molecule has 0 atom stereocenters. The first kappa shape index (κ1) is 10.7. The summed E-state index contributed by atoms with van der Waals surface area (Å²) in [6.07, 6.45) is 2.60. The highest BCUT2D eigenvalue weighted by atomic mass is 16.5. The molecule has 0 spiro atoms. The van der Waals surface area contributed by atoms with Gasteiger partial charge in [-0.2, -0.15) is 0 Å². The largest absolute Gasteiger partial charge is 0.378 e. The van der Waals surface area contributed by atoms with E-state index >= 15 is 0 Å². The predicted octanol–water partition coefficient (Wildman–Crippen LogP) is 0.794. The van der Waals surface area contributed by atoms with Crippen LogP contribution in [-0.4, -0.2) is 36.3 Å². The maximum absolute atomic E-state index is 5.39. The van der Waals surface area contributed by atoms with Gasteiger partial charge in [-0.05, 0) is 12.8 Å². The molecular formula is C13H18N4O. The van der Waals surface area contributed by atoms with Gasteiger partial charge in [-0.25, -0.2) is 9.97 Å². The molecule has 1 saturated carbocycles.